The zero-order valence-electron chi connectivity index (χ0n) is 22.5. The molecule has 3 rings (SSSR count). The van der Waals surface area contributed by atoms with Crippen molar-refractivity contribution in [3.05, 3.63) is 95.1 Å². The predicted molar refractivity (Wildman–Crippen MR) is 148 cm³/mol. The molecule has 0 fully saturated rings. The van der Waals surface area contributed by atoms with Crippen molar-refractivity contribution in [2.24, 2.45) is 0 Å². The fraction of sp³-hybridized carbons (Fsp3) is 0.355. The smallest absolute Gasteiger partial charge is 0.412 e. The third-order valence-electron chi connectivity index (χ3n) is 5.67. The van der Waals surface area contributed by atoms with E-state index in [2.05, 4.69) is 17.4 Å². The van der Waals surface area contributed by atoms with Crippen molar-refractivity contribution >= 4 is 17.7 Å². The Hall–Kier alpha value is -3.84. The Kier molecular flexibility index (Phi) is 10.3. The molecule has 0 spiro atoms. The lowest BCUT2D eigenvalue weighted by atomic mass is 9.99. The second kappa shape index (κ2) is 13.6. The number of nitrogens with one attached hydrogen (secondary N) is 1. The lowest BCUT2D eigenvalue weighted by molar-refractivity contribution is -0.149. The Morgan fingerprint density at radius 3 is 2.24 bits per heavy atom. The minimum Gasteiger partial charge on any atom is -0.493 e. The molecule has 1 amide bonds. The van der Waals surface area contributed by atoms with Gasteiger partial charge in [0, 0.05) is 31.6 Å². The Morgan fingerprint density at radius 2 is 1.61 bits per heavy atom. The average molecular weight is 520 g/mol. The van der Waals surface area contributed by atoms with E-state index in [1.807, 2.05) is 81.4 Å². The van der Waals surface area contributed by atoms with Crippen LogP contribution in [-0.2, 0) is 33.5 Å². The molecular weight excluding hydrogens is 482 g/mol. The molecule has 0 saturated carbocycles. The van der Waals surface area contributed by atoms with E-state index in [0.29, 0.717) is 31.7 Å². The molecule has 1 atom stereocenters. The van der Waals surface area contributed by atoms with Crippen LogP contribution in [-0.4, -0.2) is 42.1 Å². The maximum Gasteiger partial charge on any atom is 0.412 e. The molecule has 0 saturated heterocycles. The van der Waals surface area contributed by atoms with Gasteiger partial charge in [0.25, 0.3) is 0 Å². The quantitative estimate of drug-likeness (QED) is 0.293. The summed E-state index contributed by atoms with van der Waals surface area (Å²) in [6.45, 7) is 8.06. The number of hydrogen-bond acceptors (Lipinski definition) is 5. The van der Waals surface area contributed by atoms with Gasteiger partial charge in [0.2, 0.25) is 0 Å². The summed E-state index contributed by atoms with van der Waals surface area (Å²) in [5.41, 5.74) is 4.20. The van der Waals surface area contributed by atoms with Crippen molar-refractivity contribution in [2.75, 3.05) is 18.5 Å². The number of carboxylic acid groups (broad SMARTS) is 1. The van der Waals surface area contributed by atoms with E-state index >= 15 is 0 Å². The first-order valence-corrected chi connectivity index (χ1v) is 12.8. The molecule has 7 heteroatoms. The summed E-state index contributed by atoms with van der Waals surface area (Å²) in [5, 5.41) is 12.2. The van der Waals surface area contributed by atoms with Gasteiger partial charge in [0.15, 0.2) is 6.10 Å². The number of aliphatic carboxylic acids is 1. The highest BCUT2D eigenvalue weighted by atomic mass is 16.6. The number of hydrogen-bond donors (Lipinski definition) is 2. The topological polar surface area (TPSA) is 94.1 Å². The third kappa shape index (κ3) is 9.56. The zero-order chi connectivity index (χ0) is 27.5. The maximum absolute atomic E-state index is 12.0. The molecule has 0 aromatic heterocycles. The summed E-state index contributed by atoms with van der Waals surface area (Å²) in [6.07, 6.45) is 0.268. The zero-order valence-corrected chi connectivity index (χ0v) is 22.5. The van der Waals surface area contributed by atoms with Gasteiger partial charge in [-0.25, -0.2) is 9.59 Å². The first-order chi connectivity index (χ1) is 18.1. The summed E-state index contributed by atoms with van der Waals surface area (Å²) in [5.74, 6) is -0.201. The number of ether oxygens (including phenoxy) is 3. The van der Waals surface area contributed by atoms with Gasteiger partial charge in [-0.05, 0) is 68.1 Å². The normalized spacial score (nSPS) is 12.0. The molecule has 0 heterocycles. The minimum atomic E-state index is -0.968. The second-order valence-corrected chi connectivity index (χ2v) is 10.0. The van der Waals surface area contributed by atoms with Crippen LogP contribution in [0.15, 0.2) is 72.8 Å². The SMILES string of the molecule is CCOC(Cc1ccc(OCCc2ccc(NC(=O)OC(C)(C)C)cc2)c(Cc2ccccc2)c1)C(=O)O. The van der Waals surface area contributed by atoms with Crippen LogP contribution in [0.4, 0.5) is 10.5 Å². The third-order valence-corrected chi connectivity index (χ3v) is 5.67. The van der Waals surface area contributed by atoms with Crippen LogP contribution >= 0.6 is 0 Å². The number of amides is 1. The van der Waals surface area contributed by atoms with E-state index in [-0.39, 0.29) is 6.42 Å². The Labute approximate surface area is 224 Å². The first kappa shape index (κ1) is 28.7. The van der Waals surface area contributed by atoms with Gasteiger partial charge in [0.1, 0.15) is 11.4 Å². The molecule has 3 aromatic carbocycles. The molecule has 3 aromatic rings. The molecule has 1 unspecified atom stereocenters. The molecule has 2 N–H and O–H groups in total. The van der Waals surface area contributed by atoms with Crippen LogP contribution in [0.3, 0.4) is 0 Å². The van der Waals surface area contributed by atoms with Crippen molar-refractivity contribution in [3.8, 4) is 5.75 Å². The summed E-state index contributed by atoms with van der Waals surface area (Å²) >= 11 is 0. The summed E-state index contributed by atoms with van der Waals surface area (Å²) in [7, 11) is 0. The van der Waals surface area contributed by atoms with E-state index in [4.69, 9.17) is 14.2 Å². The summed E-state index contributed by atoms with van der Waals surface area (Å²) in [4.78, 5) is 23.5. The number of anilines is 1. The van der Waals surface area contributed by atoms with E-state index in [1.54, 1.807) is 6.92 Å². The second-order valence-electron chi connectivity index (χ2n) is 10.0. The molecule has 0 aliphatic rings. The minimum absolute atomic E-state index is 0.287. The van der Waals surface area contributed by atoms with E-state index in [9.17, 15) is 14.7 Å². The van der Waals surface area contributed by atoms with E-state index in [1.165, 1.54) is 0 Å². The van der Waals surface area contributed by atoms with E-state index in [0.717, 1.165) is 28.0 Å². The number of carbonyl (C=O) groups is 2. The Bertz CT molecular complexity index is 1190. The number of carbonyl (C=O) groups excluding carboxylic acids is 1. The molecule has 0 aliphatic heterocycles. The molecule has 38 heavy (non-hydrogen) atoms. The summed E-state index contributed by atoms with van der Waals surface area (Å²) in [6, 6.07) is 23.5. The van der Waals surface area contributed by atoms with Gasteiger partial charge in [-0.3, -0.25) is 5.32 Å². The van der Waals surface area contributed by atoms with Gasteiger partial charge in [0.05, 0.1) is 6.61 Å². The van der Waals surface area contributed by atoms with Gasteiger partial charge in [-0.15, -0.1) is 0 Å². The number of benzene rings is 3. The maximum atomic E-state index is 12.0. The standard InChI is InChI=1S/C31H37NO6/c1-5-36-28(29(33)34)21-24-13-16-27(25(20-24)19-23-9-7-6-8-10-23)37-18-17-22-11-14-26(15-12-22)32-30(35)38-31(2,3)4/h6-16,20,28H,5,17-19,21H2,1-4H3,(H,32,35)(H,33,34). The number of carboxylic acids is 1. The van der Waals surface area contributed by atoms with E-state index < -0.39 is 23.8 Å². The van der Waals surface area contributed by atoms with Crippen molar-refractivity contribution in [1.29, 1.82) is 0 Å². The Balaban J connectivity index is 1.65. The highest BCUT2D eigenvalue weighted by molar-refractivity contribution is 5.84. The average Bonchev–Trinajstić information content (AvgIpc) is 2.85. The molecule has 0 aliphatic carbocycles. The molecule has 7 nitrogen and oxygen atoms in total. The lowest BCUT2D eigenvalue weighted by Gasteiger charge is -2.19. The highest BCUT2D eigenvalue weighted by Gasteiger charge is 2.19. The monoisotopic (exact) mass is 519 g/mol. The van der Waals surface area contributed by atoms with Gasteiger partial charge < -0.3 is 19.3 Å². The molecule has 0 radical (unpaired) electrons. The largest absolute Gasteiger partial charge is 0.493 e. The van der Waals surface area contributed by atoms with Crippen LogP contribution in [0, 0.1) is 0 Å². The highest BCUT2D eigenvalue weighted by Crippen LogP contribution is 2.25. The molecule has 202 valence electrons. The molecular formula is C31H37NO6. The van der Waals surface area contributed by atoms with Crippen molar-refractivity contribution in [1.82, 2.24) is 0 Å². The van der Waals surface area contributed by atoms with Crippen LogP contribution < -0.4 is 10.1 Å². The lowest BCUT2D eigenvalue weighted by Crippen LogP contribution is -2.27. The molecule has 0 bridgehead atoms. The summed E-state index contributed by atoms with van der Waals surface area (Å²) < 4.78 is 16.9. The van der Waals surface area contributed by atoms with Crippen LogP contribution in [0.1, 0.15) is 49.9 Å². The van der Waals surface area contributed by atoms with Crippen LogP contribution in [0.25, 0.3) is 0 Å². The van der Waals surface area contributed by atoms with Crippen LogP contribution in [0.5, 0.6) is 5.75 Å². The van der Waals surface area contributed by atoms with Crippen molar-refractivity contribution in [2.45, 2.75) is 58.7 Å². The van der Waals surface area contributed by atoms with Gasteiger partial charge in [-0.2, -0.15) is 0 Å². The van der Waals surface area contributed by atoms with Gasteiger partial charge >= 0.3 is 12.1 Å². The Morgan fingerprint density at radius 1 is 0.921 bits per heavy atom. The fourth-order valence-corrected chi connectivity index (χ4v) is 3.94. The van der Waals surface area contributed by atoms with Crippen LogP contribution in [0.2, 0.25) is 0 Å². The fourth-order valence-electron chi connectivity index (χ4n) is 3.94. The van der Waals surface area contributed by atoms with Crippen molar-refractivity contribution < 1.29 is 28.9 Å². The number of rotatable bonds is 12. The van der Waals surface area contributed by atoms with Crippen molar-refractivity contribution in [3.63, 3.8) is 0 Å². The predicted octanol–water partition coefficient (Wildman–Crippen LogP) is 6.28. The van der Waals surface area contributed by atoms with Gasteiger partial charge in [-0.1, -0.05) is 54.6 Å². The first-order valence-electron chi connectivity index (χ1n) is 12.8.